The summed E-state index contributed by atoms with van der Waals surface area (Å²) in [4.78, 5) is 22.8. The number of nitrogens with one attached hydrogen (secondary N) is 2. The number of carbonyl (C=O) groups is 1. The predicted molar refractivity (Wildman–Crippen MR) is 103 cm³/mol. The summed E-state index contributed by atoms with van der Waals surface area (Å²) in [5.41, 5.74) is 6.49. The van der Waals surface area contributed by atoms with Crippen molar-refractivity contribution in [3.8, 4) is 0 Å². The average Bonchev–Trinajstić information content (AvgIpc) is 2.66. The number of amides is 1. The van der Waals surface area contributed by atoms with Gasteiger partial charge in [-0.1, -0.05) is 6.07 Å². The monoisotopic (exact) mass is 362 g/mol. The van der Waals surface area contributed by atoms with E-state index in [1.54, 1.807) is 13.3 Å². The molecule has 1 aliphatic heterocycles. The third kappa shape index (κ3) is 5.87. The Hall–Kier alpha value is -2.35. The van der Waals surface area contributed by atoms with Gasteiger partial charge in [-0.15, -0.1) is 0 Å². The number of hydrogen-bond acceptors (Lipinski definition) is 5. The Morgan fingerprint density at radius 1 is 1.42 bits per heavy atom. The van der Waals surface area contributed by atoms with Gasteiger partial charge in [0, 0.05) is 51.0 Å². The average molecular weight is 362 g/mol. The number of carbonyl (C=O) groups excluding carboxylic acids is 1. The van der Waals surface area contributed by atoms with E-state index in [1.165, 1.54) is 0 Å². The first kappa shape index (κ1) is 20.0. The van der Waals surface area contributed by atoms with Crippen molar-refractivity contribution in [1.82, 2.24) is 15.6 Å². The minimum atomic E-state index is -0.201. The Labute approximate surface area is 155 Å². The number of primary amides is 1. The summed E-state index contributed by atoms with van der Waals surface area (Å²) in [7, 11) is 1.68. The molecule has 1 amide bonds. The van der Waals surface area contributed by atoms with E-state index in [4.69, 9.17) is 10.5 Å². The lowest BCUT2D eigenvalue weighted by Gasteiger charge is -2.32. The highest BCUT2D eigenvalue weighted by Crippen LogP contribution is 2.24. The first-order valence-corrected chi connectivity index (χ1v) is 9.15. The molecule has 0 spiro atoms. The molecular weight excluding hydrogens is 332 g/mol. The van der Waals surface area contributed by atoms with E-state index in [2.05, 4.69) is 25.5 Å². The molecule has 1 aromatic rings. The third-order valence-corrected chi connectivity index (χ3v) is 4.41. The van der Waals surface area contributed by atoms with Gasteiger partial charge in [-0.3, -0.25) is 4.79 Å². The van der Waals surface area contributed by atoms with Gasteiger partial charge in [0.25, 0.3) is 0 Å². The fraction of sp³-hybridized carbons (Fsp3) is 0.611. The van der Waals surface area contributed by atoms with Crippen LogP contribution in [0.25, 0.3) is 0 Å². The number of nitrogens with zero attached hydrogens (tertiary/aromatic N) is 3. The van der Waals surface area contributed by atoms with E-state index in [1.807, 2.05) is 19.1 Å². The van der Waals surface area contributed by atoms with Crippen LogP contribution in [0.2, 0.25) is 0 Å². The lowest BCUT2D eigenvalue weighted by Crippen LogP contribution is -2.39. The number of rotatable bonds is 8. The van der Waals surface area contributed by atoms with Crippen LogP contribution in [-0.4, -0.2) is 56.7 Å². The summed E-state index contributed by atoms with van der Waals surface area (Å²) in [5.74, 6) is 1.47. The highest BCUT2D eigenvalue weighted by atomic mass is 16.5. The second-order valence-corrected chi connectivity index (χ2v) is 6.26. The summed E-state index contributed by atoms with van der Waals surface area (Å²) >= 11 is 0. The summed E-state index contributed by atoms with van der Waals surface area (Å²) in [6, 6.07) is 3.97. The van der Waals surface area contributed by atoms with Crippen molar-refractivity contribution in [2.75, 3.05) is 44.8 Å². The lowest BCUT2D eigenvalue weighted by atomic mass is 9.96. The van der Waals surface area contributed by atoms with Gasteiger partial charge in [0.1, 0.15) is 5.82 Å². The molecule has 0 unspecified atom stereocenters. The fourth-order valence-corrected chi connectivity index (χ4v) is 2.99. The van der Waals surface area contributed by atoms with E-state index < -0.39 is 0 Å². The summed E-state index contributed by atoms with van der Waals surface area (Å²) in [6.07, 6.45) is 3.34. The number of guanidine groups is 1. The number of ether oxygens (including phenoxy) is 1. The number of aromatic nitrogens is 1. The molecule has 26 heavy (non-hydrogen) atoms. The largest absolute Gasteiger partial charge is 0.383 e. The molecule has 1 aliphatic rings. The normalized spacial score (nSPS) is 15.8. The fourth-order valence-electron chi connectivity index (χ4n) is 2.99. The molecule has 8 nitrogen and oxygen atoms in total. The standard InChI is InChI=1S/C18H30N6O2/c1-3-20-18(22-9-12-26-2)23-13-15-5-4-8-21-17(15)24-10-6-14(7-11-24)16(19)25/h4-5,8,14H,3,6-7,9-13H2,1-2H3,(H2,19,25)(H2,20,22,23). The van der Waals surface area contributed by atoms with Crippen LogP contribution in [-0.2, 0) is 16.1 Å². The minimum absolute atomic E-state index is 0.0261. The Kier molecular flexibility index (Phi) is 8.14. The number of pyridine rings is 1. The number of nitrogens with two attached hydrogens (primary N) is 1. The Morgan fingerprint density at radius 3 is 2.85 bits per heavy atom. The lowest BCUT2D eigenvalue weighted by molar-refractivity contribution is -0.122. The van der Waals surface area contributed by atoms with E-state index >= 15 is 0 Å². The van der Waals surface area contributed by atoms with Crippen LogP contribution in [0.4, 0.5) is 5.82 Å². The highest BCUT2D eigenvalue weighted by molar-refractivity contribution is 5.79. The number of aliphatic imine (C=N–C) groups is 1. The molecule has 2 rings (SSSR count). The maximum absolute atomic E-state index is 11.4. The van der Waals surface area contributed by atoms with Gasteiger partial charge in [-0.05, 0) is 25.8 Å². The molecule has 1 saturated heterocycles. The zero-order chi connectivity index (χ0) is 18.8. The third-order valence-electron chi connectivity index (χ3n) is 4.41. The molecule has 144 valence electrons. The second kappa shape index (κ2) is 10.6. The van der Waals surface area contributed by atoms with Crippen molar-refractivity contribution in [1.29, 1.82) is 0 Å². The zero-order valence-electron chi connectivity index (χ0n) is 15.7. The van der Waals surface area contributed by atoms with Crippen molar-refractivity contribution in [2.24, 2.45) is 16.6 Å². The number of methoxy groups -OCH3 is 1. The number of hydrogen-bond donors (Lipinski definition) is 3. The van der Waals surface area contributed by atoms with Gasteiger partial charge in [0.15, 0.2) is 5.96 Å². The van der Waals surface area contributed by atoms with Gasteiger partial charge < -0.3 is 26.0 Å². The maximum Gasteiger partial charge on any atom is 0.220 e. The van der Waals surface area contributed by atoms with E-state index in [9.17, 15) is 4.79 Å². The molecule has 0 aliphatic carbocycles. The van der Waals surface area contributed by atoms with Gasteiger partial charge >= 0.3 is 0 Å². The molecule has 0 saturated carbocycles. The van der Waals surface area contributed by atoms with Gasteiger partial charge in [-0.2, -0.15) is 0 Å². The summed E-state index contributed by atoms with van der Waals surface area (Å²) < 4.78 is 5.06. The number of piperidine rings is 1. The van der Waals surface area contributed by atoms with Gasteiger partial charge in [0.05, 0.1) is 13.2 Å². The molecule has 1 aromatic heterocycles. The minimum Gasteiger partial charge on any atom is -0.383 e. The van der Waals surface area contributed by atoms with Crippen molar-refractivity contribution in [3.63, 3.8) is 0 Å². The van der Waals surface area contributed by atoms with E-state index in [0.29, 0.717) is 19.7 Å². The molecule has 2 heterocycles. The van der Waals surface area contributed by atoms with Crippen molar-refractivity contribution >= 4 is 17.7 Å². The first-order valence-electron chi connectivity index (χ1n) is 9.15. The highest BCUT2D eigenvalue weighted by Gasteiger charge is 2.24. The Bertz CT molecular complexity index is 599. The van der Waals surface area contributed by atoms with Crippen molar-refractivity contribution < 1.29 is 9.53 Å². The van der Waals surface area contributed by atoms with Crippen LogP contribution in [0.3, 0.4) is 0 Å². The maximum atomic E-state index is 11.4. The molecule has 1 fully saturated rings. The zero-order valence-corrected chi connectivity index (χ0v) is 15.7. The Balaban J connectivity index is 2.03. The molecule has 0 bridgehead atoms. The molecule has 0 radical (unpaired) electrons. The van der Waals surface area contributed by atoms with Crippen molar-refractivity contribution in [3.05, 3.63) is 23.9 Å². The summed E-state index contributed by atoms with van der Waals surface area (Å²) in [5, 5.41) is 6.46. The predicted octanol–water partition coefficient (Wildman–Crippen LogP) is 0.485. The Morgan fingerprint density at radius 2 is 2.19 bits per heavy atom. The molecular formula is C18H30N6O2. The number of anilines is 1. The van der Waals surface area contributed by atoms with Crippen LogP contribution in [0.15, 0.2) is 23.3 Å². The first-order chi connectivity index (χ1) is 12.7. The topological polar surface area (TPSA) is 105 Å². The molecule has 0 atom stereocenters. The smallest absolute Gasteiger partial charge is 0.220 e. The van der Waals surface area contributed by atoms with Crippen LogP contribution in [0.1, 0.15) is 25.3 Å². The van der Waals surface area contributed by atoms with Crippen LogP contribution >= 0.6 is 0 Å². The van der Waals surface area contributed by atoms with E-state index in [-0.39, 0.29) is 11.8 Å². The van der Waals surface area contributed by atoms with Crippen molar-refractivity contribution in [2.45, 2.75) is 26.3 Å². The summed E-state index contributed by atoms with van der Waals surface area (Å²) in [6.45, 7) is 6.24. The van der Waals surface area contributed by atoms with Crippen LogP contribution in [0.5, 0.6) is 0 Å². The SMILES string of the molecule is CCNC(=NCc1cccnc1N1CCC(C(N)=O)CC1)NCCOC. The molecule has 8 heteroatoms. The van der Waals surface area contributed by atoms with Gasteiger partial charge in [-0.25, -0.2) is 9.98 Å². The molecule has 4 N–H and O–H groups in total. The quantitative estimate of drug-likeness (QED) is 0.353. The van der Waals surface area contributed by atoms with Crippen LogP contribution < -0.4 is 21.3 Å². The second-order valence-electron chi connectivity index (χ2n) is 6.26. The van der Waals surface area contributed by atoms with E-state index in [0.717, 1.165) is 49.8 Å². The molecule has 0 aromatic carbocycles. The van der Waals surface area contributed by atoms with Crippen LogP contribution in [0, 0.1) is 5.92 Å². The van der Waals surface area contributed by atoms with Gasteiger partial charge in [0.2, 0.25) is 5.91 Å².